The van der Waals surface area contributed by atoms with E-state index in [1.54, 1.807) is 6.07 Å². The molecule has 1 N–H and O–H groups in total. The molecule has 0 spiro atoms. The standard InChI is InChI=1S/C13H15FO3/c1-17-13(16)10-7-6-8-9(12(10)14)4-2-3-5-11(8)15/h6-7,11,15H,2-5H2,1H3. The summed E-state index contributed by atoms with van der Waals surface area (Å²) in [5.41, 5.74) is 1.01. The van der Waals surface area contributed by atoms with Gasteiger partial charge in [0, 0.05) is 0 Å². The molecule has 0 saturated heterocycles. The molecule has 0 radical (unpaired) electrons. The quantitative estimate of drug-likeness (QED) is 0.603. The highest BCUT2D eigenvalue weighted by molar-refractivity contribution is 5.90. The van der Waals surface area contributed by atoms with Crippen LogP contribution in [0.1, 0.15) is 46.9 Å². The Morgan fingerprint density at radius 3 is 2.94 bits per heavy atom. The van der Waals surface area contributed by atoms with Crippen molar-refractivity contribution >= 4 is 5.97 Å². The number of benzene rings is 1. The van der Waals surface area contributed by atoms with Crippen LogP contribution in [0, 0.1) is 5.82 Å². The number of fused-ring (bicyclic) bond motifs is 1. The van der Waals surface area contributed by atoms with Gasteiger partial charge in [-0.2, -0.15) is 0 Å². The average molecular weight is 238 g/mol. The number of aliphatic hydroxyl groups is 1. The van der Waals surface area contributed by atoms with Crippen molar-refractivity contribution in [3.63, 3.8) is 0 Å². The molecule has 0 heterocycles. The first-order valence-corrected chi connectivity index (χ1v) is 5.72. The van der Waals surface area contributed by atoms with E-state index in [9.17, 15) is 14.3 Å². The van der Waals surface area contributed by atoms with Crippen molar-refractivity contribution in [3.05, 3.63) is 34.6 Å². The van der Waals surface area contributed by atoms with Gasteiger partial charge in [0.25, 0.3) is 0 Å². The number of esters is 1. The first-order chi connectivity index (χ1) is 8.15. The van der Waals surface area contributed by atoms with E-state index >= 15 is 0 Å². The van der Waals surface area contributed by atoms with E-state index in [0.29, 0.717) is 24.0 Å². The smallest absolute Gasteiger partial charge is 0.340 e. The predicted octanol–water partition coefficient (Wildman–Crippen LogP) is 2.37. The topological polar surface area (TPSA) is 46.5 Å². The number of hydrogen-bond acceptors (Lipinski definition) is 3. The van der Waals surface area contributed by atoms with Gasteiger partial charge >= 0.3 is 5.97 Å². The molecule has 1 aromatic rings. The number of carbonyl (C=O) groups is 1. The number of halogens is 1. The molecule has 0 saturated carbocycles. The maximum absolute atomic E-state index is 14.1. The number of aliphatic hydroxyl groups excluding tert-OH is 1. The number of ether oxygens (including phenoxy) is 1. The van der Waals surface area contributed by atoms with Crippen LogP contribution in [0.3, 0.4) is 0 Å². The van der Waals surface area contributed by atoms with Crippen LogP contribution in [0.25, 0.3) is 0 Å². The molecule has 0 amide bonds. The molecule has 0 bridgehead atoms. The van der Waals surface area contributed by atoms with Crippen molar-refractivity contribution in [1.82, 2.24) is 0 Å². The monoisotopic (exact) mass is 238 g/mol. The lowest BCUT2D eigenvalue weighted by Crippen LogP contribution is -2.09. The molecule has 92 valence electrons. The van der Waals surface area contributed by atoms with Crippen molar-refractivity contribution in [2.45, 2.75) is 31.8 Å². The molecule has 17 heavy (non-hydrogen) atoms. The molecule has 0 aliphatic heterocycles. The Labute approximate surface area is 99.2 Å². The van der Waals surface area contributed by atoms with E-state index < -0.39 is 17.9 Å². The van der Waals surface area contributed by atoms with Crippen LogP contribution in [0.5, 0.6) is 0 Å². The fourth-order valence-corrected chi connectivity index (χ4v) is 2.26. The van der Waals surface area contributed by atoms with Crippen LogP contribution in [0.4, 0.5) is 4.39 Å². The molecule has 4 heteroatoms. The van der Waals surface area contributed by atoms with Crippen LogP contribution >= 0.6 is 0 Å². The third kappa shape index (κ3) is 2.17. The highest BCUT2D eigenvalue weighted by Crippen LogP contribution is 2.31. The largest absolute Gasteiger partial charge is 0.465 e. The third-order valence-corrected chi connectivity index (χ3v) is 3.20. The maximum atomic E-state index is 14.1. The SMILES string of the molecule is COC(=O)c1ccc2c(c1F)CCCCC2O. The van der Waals surface area contributed by atoms with Gasteiger partial charge in [-0.3, -0.25) is 0 Å². The van der Waals surface area contributed by atoms with Crippen molar-refractivity contribution < 1.29 is 19.0 Å². The lowest BCUT2D eigenvalue weighted by molar-refractivity contribution is 0.0595. The van der Waals surface area contributed by atoms with E-state index in [-0.39, 0.29) is 5.56 Å². The van der Waals surface area contributed by atoms with Crippen LogP contribution in [0.15, 0.2) is 12.1 Å². The van der Waals surface area contributed by atoms with Crippen molar-refractivity contribution in [1.29, 1.82) is 0 Å². The molecule has 1 atom stereocenters. The van der Waals surface area contributed by atoms with Gasteiger partial charge in [-0.25, -0.2) is 9.18 Å². The van der Waals surface area contributed by atoms with Gasteiger partial charge in [0.2, 0.25) is 0 Å². The highest BCUT2D eigenvalue weighted by atomic mass is 19.1. The Balaban J connectivity index is 2.50. The van der Waals surface area contributed by atoms with Crippen LogP contribution in [-0.4, -0.2) is 18.2 Å². The minimum Gasteiger partial charge on any atom is -0.465 e. The van der Waals surface area contributed by atoms with Gasteiger partial charge in [-0.1, -0.05) is 12.5 Å². The normalized spacial score (nSPS) is 19.4. The van der Waals surface area contributed by atoms with E-state index in [1.807, 2.05) is 0 Å². The number of methoxy groups -OCH3 is 1. The molecule has 2 rings (SSSR count). The van der Waals surface area contributed by atoms with Crippen molar-refractivity contribution in [2.24, 2.45) is 0 Å². The first kappa shape index (κ1) is 12.0. The summed E-state index contributed by atoms with van der Waals surface area (Å²) in [6.07, 6.45) is 2.26. The molecule has 1 aliphatic rings. The minimum absolute atomic E-state index is 0.0552. The summed E-state index contributed by atoms with van der Waals surface area (Å²) in [6, 6.07) is 3.01. The molecule has 1 unspecified atom stereocenters. The minimum atomic E-state index is -0.677. The Morgan fingerprint density at radius 2 is 2.24 bits per heavy atom. The molecule has 1 aromatic carbocycles. The molecular weight excluding hydrogens is 223 g/mol. The van der Waals surface area contributed by atoms with Gasteiger partial charge in [0.05, 0.1) is 18.8 Å². The zero-order chi connectivity index (χ0) is 12.4. The summed E-state index contributed by atoms with van der Waals surface area (Å²) >= 11 is 0. The number of carbonyl (C=O) groups excluding carboxylic acids is 1. The average Bonchev–Trinajstić information content (AvgIpc) is 2.52. The molecule has 1 aliphatic carbocycles. The van der Waals surface area contributed by atoms with Crippen molar-refractivity contribution in [2.75, 3.05) is 7.11 Å². The van der Waals surface area contributed by atoms with E-state index in [2.05, 4.69) is 4.74 Å². The second kappa shape index (κ2) is 4.84. The fourth-order valence-electron chi connectivity index (χ4n) is 2.26. The number of rotatable bonds is 1. The number of hydrogen-bond donors (Lipinski definition) is 1. The summed E-state index contributed by atoms with van der Waals surface area (Å²) in [4.78, 5) is 11.4. The summed E-state index contributed by atoms with van der Waals surface area (Å²) in [5.74, 6) is -1.22. The van der Waals surface area contributed by atoms with Gasteiger partial charge in [-0.15, -0.1) is 0 Å². The first-order valence-electron chi connectivity index (χ1n) is 5.72. The zero-order valence-electron chi connectivity index (χ0n) is 9.70. The van der Waals surface area contributed by atoms with E-state index in [1.165, 1.54) is 13.2 Å². The molecule has 3 nitrogen and oxygen atoms in total. The maximum Gasteiger partial charge on any atom is 0.340 e. The summed E-state index contributed by atoms with van der Waals surface area (Å²) in [5, 5.41) is 9.87. The predicted molar refractivity (Wildman–Crippen MR) is 60.3 cm³/mol. The Kier molecular flexibility index (Phi) is 3.43. The third-order valence-electron chi connectivity index (χ3n) is 3.20. The van der Waals surface area contributed by atoms with Crippen molar-refractivity contribution in [3.8, 4) is 0 Å². The van der Waals surface area contributed by atoms with Gasteiger partial charge < -0.3 is 9.84 Å². The molecule has 0 aromatic heterocycles. The summed E-state index contributed by atoms with van der Waals surface area (Å²) in [7, 11) is 1.22. The lowest BCUT2D eigenvalue weighted by Gasteiger charge is -2.13. The second-order valence-electron chi connectivity index (χ2n) is 4.25. The van der Waals surface area contributed by atoms with Crippen LogP contribution in [-0.2, 0) is 11.2 Å². The van der Waals surface area contributed by atoms with Gasteiger partial charge in [0.1, 0.15) is 5.82 Å². The van der Waals surface area contributed by atoms with Crippen LogP contribution < -0.4 is 0 Å². The zero-order valence-corrected chi connectivity index (χ0v) is 9.70. The van der Waals surface area contributed by atoms with Gasteiger partial charge in [-0.05, 0) is 36.5 Å². The summed E-state index contributed by atoms with van der Waals surface area (Å²) < 4.78 is 18.7. The second-order valence-corrected chi connectivity index (χ2v) is 4.25. The fraction of sp³-hybridized carbons (Fsp3) is 0.462. The highest BCUT2D eigenvalue weighted by Gasteiger charge is 2.23. The Morgan fingerprint density at radius 1 is 1.47 bits per heavy atom. The Bertz CT molecular complexity index is 443. The molecule has 0 fully saturated rings. The summed E-state index contributed by atoms with van der Waals surface area (Å²) in [6.45, 7) is 0. The van der Waals surface area contributed by atoms with Crippen LogP contribution in [0.2, 0.25) is 0 Å². The van der Waals surface area contributed by atoms with E-state index in [4.69, 9.17) is 0 Å². The van der Waals surface area contributed by atoms with E-state index in [0.717, 1.165) is 12.8 Å². The molecular formula is C13H15FO3. The van der Waals surface area contributed by atoms with Gasteiger partial charge in [0.15, 0.2) is 0 Å². The Hall–Kier alpha value is -1.42. The lowest BCUT2D eigenvalue weighted by atomic mass is 9.97.